The van der Waals surface area contributed by atoms with Gasteiger partial charge >= 0.3 is 6.36 Å². The SMILES string of the molecule is O=C(NCc1ccccc1OC(F)(F)F)C1CCN(c2cnccn2)CC1. The molecule has 6 nitrogen and oxygen atoms in total. The molecule has 9 heteroatoms. The molecule has 1 aliphatic heterocycles. The van der Waals surface area contributed by atoms with Crippen molar-refractivity contribution in [2.45, 2.75) is 25.7 Å². The van der Waals surface area contributed by atoms with Gasteiger partial charge in [0, 0.05) is 43.5 Å². The Hall–Kier alpha value is -2.84. The van der Waals surface area contributed by atoms with Crippen LogP contribution in [0.1, 0.15) is 18.4 Å². The third kappa shape index (κ3) is 5.32. The molecule has 3 rings (SSSR count). The van der Waals surface area contributed by atoms with Crippen molar-refractivity contribution in [3.05, 3.63) is 48.4 Å². The Kier molecular flexibility index (Phi) is 5.78. The average Bonchev–Trinajstić information content (AvgIpc) is 2.67. The molecular formula is C18H19F3N4O2. The lowest BCUT2D eigenvalue weighted by Crippen LogP contribution is -2.40. The zero-order valence-corrected chi connectivity index (χ0v) is 14.4. The number of hydrogen-bond acceptors (Lipinski definition) is 5. The number of nitrogens with zero attached hydrogens (tertiary/aromatic N) is 3. The van der Waals surface area contributed by atoms with E-state index in [-0.39, 0.29) is 29.7 Å². The van der Waals surface area contributed by atoms with Gasteiger partial charge in [0.15, 0.2) is 0 Å². The minimum Gasteiger partial charge on any atom is -0.405 e. The Balaban J connectivity index is 1.52. The van der Waals surface area contributed by atoms with Crippen LogP contribution in [0.4, 0.5) is 19.0 Å². The van der Waals surface area contributed by atoms with Crippen molar-refractivity contribution >= 4 is 11.7 Å². The van der Waals surface area contributed by atoms with E-state index in [1.165, 1.54) is 18.2 Å². The van der Waals surface area contributed by atoms with Gasteiger partial charge in [-0.1, -0.05) is 18.2 Å². The molecule has 1 aromatic carbocycles. The number of carbonyl (C=O) groups is 1. The fourth-order valence-electron chi connectivity index (χ4n) is 3.03. The summed E-state index contributed by atoms with van der Waals surface area (Å²) in [7, 11) is 0. The molecule has 1 amide bonds. The zero-order chi connectivity index (χ0) is 19.3. The highest BCUT2D eigenvalue weighted by Gasteiger charge is 2.32. The molecule has 1 fully saturated rings. The van der Waals surface area contributed by atoms with Crippen LogP contribution in [-0.4, -0.2) is 35.3 Å². The molecule has 1 N–H and O–H groups in total. The third-order valence-electron chi connectivity index (χ3n) is 4.39. The van der Waals surface area contributed by atoms with Crippen molar-refractivity contribution in [2.75, 3.05) is 18.0 Å². The summed E-state index contributed by atoms with van der Waals surface area (Å²) in [6, 6.07) is 5.78. The molecule has 0 unspecified atom stereocenters. The molecule has 1 aliphatic rings. The van der Waals surface area contributed by atoms with E-state index in [1.54, 1.807) is 24.7 Å². The van der Waals surface area contributed by atoms with E-state index in [1.807, 2.05) is 0 Å². The molecule has 0 saturated carbocycles. The number of para-hydroxylation sites is 1. The van der Waals surface area contributed by atoms with Gasteiger partial charge in [-0.25, -0.2) is 4.98 Å². The highest BCUT2D eigenvalue weighted by atomic mass is 19.4. The predicted molar refractivity (Wildman–Crippen MR) is 91.9 cm³/mol. The van der Waals surface area contributed by atoms with E-state index in [0.29, 0.717) is 25.9 Å². The van der Waals surface area contributed by atoms with E-state index in [0.717, 1.165) is 5.82 Å². The minimum atomic E-state index is -4.77. The van der Waals surface area contributed by atoms with E-state index in [2.05, 4.69) is 24.9 Å². The van der Waals surface area contributed by atoms with E-state index < -0.39 is 6.36 Å². The fraction of sp³-hybridized carbons (Fsp3) is 0.389. The van der Waals surface area contributed by atoms with Crippen molar-refractivity contribution in [3.63, 3.8) is 0 Å². The van der Waals surface area contributed by atoms with Crippen molar-refractivity contribution in [2.24, 2.45) is 5.92 Å². The summed E-state index contributed by atoms with van der Waals surface area (Å²) < 4.78 is 41.4. The monoisotopic (exact) mass is 380 g/mol. The third-order valence-corrected chi connectivity index (χ3v) is 4.39. The summed E-state index contributed by atoms with van der Waals surface area (Å²) >= 11 is 0. The minimum absolute atomic E-state index is 0.0184. The number of halogens is 3. The number of hydrogen-bond donors (Lipinski definition) is 1. The second-order valence-corrected chi connectivity index (χ2v) is 6.20. The summed E-state index contributed by atoms with van der Waals surface area (Å²) in [6.45, 7) is 1.32. The largest absolute Gasteiger partial charge is 0.573 e. The van der Waals surface area contributed by atoms with Crippen LogP contribution in [0, 0.1) is 5.92 Å². The number of benzene rings is 1. The highest BCUT2D eigenvalue weighted by Crippen LogP contribution is 2.26. The maximum Gasteiger partial charge on any atom is 0.573 e. The van der Waals surface area contributed by atoms with Crippen LogP contribution in [0.3, 0.4) is 0 Å². The Labute approximate surface area is 154 Å². The Morgan fingerprint density at radius 1 is 1.22 bits per heavy atom. The first kappa shape index (κ1) is 18.9. The molecule has 2 aromatic rings. The molecule has 27 heavy (non-hydrogen) atoms. The van der Waals surface area contributed by atoms with E-state index >= 15 is 0 Å². The van der Waals surface area contributed by atoms with E-state index in [4.69, 9.17) is 0 Å². The van der Waals surface area contributed by atoms with Crippen LogP contribution in [0.2, 0.25) is 0 Å². The van der Waals surface area contributed by atoms with Gasteiger partial charge in [-0.05, 0) is 18.9 Å². The van der Waals surface area contributed by atoms with Crippen LogP contribution < -0.4 is 15.0 Å². The molecule has 0 atom stereocenters. The first-order chi connectivity index (χ1) is 12.9. The number of piperidine rings is 1. The predicted octanol–water partition coefficient (Wildman–Crippen LogP) is 2.91. The highest BCUT2D eigenvalue weighted by molar-refractivity contribution is 5.79. The molecule has 0 spiro atoms. The zero-order valence-electron chi connectivity index (χ0n) is 14.4. The first-order valence-corrected chi connectivity index (χ1v) is 8.55. The van der Waals surface area contributed by atoms with Gasteiger partial charge in [-0.2, -0.15) is 0 Å². The normalized spacial score (nSPS) is 15.4. The Morgan fingerprint density at radius 2 is 1.96 bits per heavy atom. The van der Waals surface area contributed by atoms with Gasteiger partial charge in [0.25, 0.3) is 0 Å². The number of nitrogens with one attached hydrogen (secondary N) is 1. The van der Waals surface area contributed by atoms with Crippen molar-refractivity contribution in [1.82, 2.24) is 15.3 Å². The molecule has 0 aliphatic carbocycles. The standard InChI is InChI=1S/C18H19F3N4O2/c19-18(20,21)27-15-4-2-1-3-14(15)11-24-17(26)13-5-9-25(10-6-13)16-12-22-7-8-23-16/h1-4,7-8,12-13H,5-6,9-11H2,(H,24,26). The molecule has 1 saturated heterocycles. The summed E-state index contributed by atoms with van der Waals surface area (Å²) in [4.78, 5) is 22.7. The Bertz CT molecular complexity index is 763. The summed E-state index contributed by atoms with van der Waals surface area (Å²) in [5, 5.41) is 2.72. The van der Waals surface area contributed by atoms with Crippen LogP contribution in [0.25, 0.3) is 0 Å². The van der Waals surface area contributed by atoms with E-state index in [9.17, 15) is 18.0 Å². The van der Waals surface area contributed by atoms with Crippen molar-refractivity contribution in [3.8, 4) is 5.75 Å². The number of anilines is 1. The maximum atomic E-state index is 12.5. The lowest BCUT2D eigenvalue weighted by molar-refractivity contribution is -0.274. The van der Waals surface area contributed by atoms with Gasteiger partial charge in [0.05, 0.1) is 6.20 Å². The summed E-state index contributed by atoms with van der Waals surface area (Å²) in [6.07, 6.45) is 1.41. The van der Waals surface area contributed by atoms with Crippen molar-refractivity contribution < 1.29 is 22.7 Å². The van der Waals surface area contributed by atoms with Crippen LogP contribution >= 0.6 is 0 Å². The molecule has 0 bridgehead atoms. The quantitative estimate of drug-likeness (QED) is 0.864. The second kappa shape index (κ2) is 8.24. The molecule has 0 radical (unpaired) electrons. The molecule has 1 aromatic heterocycles. The molecule has 2 heterocycles. The lowest BCUT2D eigenvalue weighted by Gasteiger charge is -2.31. The van der Waals surface area contributed by atoms with Crippen LogP contribution in [0.5, 0.6) is 5.75 Å². The van der Waals surface area contributed by atoms with Crippen molar-refractivity contribution in [1.29, 1.82) is 0 Å². The number of carbonyl (C=O) groups excluding carboxylic acids is 1. The Morgan fingerprint density at radius 3 is 2.63 bits per heavy atom. The van der Waals surface area contributed by atoms with Crippen LogP contribution in [0.15, 0.2) is 42.9 Å². The van der Waals surface area contributed by atoms with Gasteiger partial charge < -0.3 is 15.0 Å². The van der Waals surface area contributed by atoms with Gasteiger partial charge in [0.2, 0.25) is 5.91 Å². The number of aromatic nitrogens is 2. The number of rotatable bonds is 5. The number of ether oxygens (including phenoxy) is 1. The van der Waals surface area contributed by atoms with Gasteiger partial charge in [0.1, 0.15) is 11.6 Å². The number of alkyl halides is 3. The number of amides is 1. The summed E-state index contributed by atoms with van der Waals surface area (Å²) in [5.41, 5.74) is 0.278. The lowest BCUT2D eigenvalue weighted by atomic mass is 9.96. The average molecular weight is 380 g/mol. The van der Waals surface area contributed by atoms with Gasteiger partial charge in [-0.3, -0.25) is 9.78 Å². The van der Waals surface area contributed by atoms with Crippen LogP contribution in [-0.2, 0) is 11.3 Å². The topological polar surface area (TPSA) is 67.3 Å². The summed E-state index contributed by atoms with van der Waals surface area (Å²) in [5.74, 6) is 0.113. The molecule has 144 valence electrons. The maximum absolute atomic E-state index is 12.5. The van der Waals surface area contributed by atoms with Gasteiger partial charge in [-0.15, -0.1) is 13.2 Å². The fourth-order valence-corrected chi connectivity index (χ4v) is 3.03. The smallest absolute Gasteiger partial charge is 0.405 e. The second-order valence-electron chi connectivity index (χ2n) is 6.20. The first-order valence-electron chi connectivity index (χ1n) is 8.55. The molecular weight excluding hydrogens is 361 g/mol.